The standard InChI is InChI=1S/C16H17FN2O2.C4H10/c1-3-11-8-14(15(20)18-2)16(21)19(9-11)10-12-4-6-13(17)7-5-12;1-3-4-2/h4-9H,3,10H2,1-2H3,(H,18,20);3-4H2,1-2H3. The number of hydrogen-bond donors (Lipinski definition) is 1. The quantitative estimate of drug-likeness (QED) is 0.896. The SMILES string of the molecule is CCCC.CCc1cc(C(=O)NC)c(=O)n(Cc2ccc(F)cc2)c1. The minimum Gasteiger partial charge on any atom is -0.355 e. The zero-order valence-corrected chi connectivity index (χ0v) is 15.4. The summed E-state index contributed by atoms with van der Waals surface area (Å²) in [6.07, 6.45) is 5.09. The Hall–Kier alpha value is -2.43. The van der Waals surface area contributed by atoms with Gasteiger partial charge in [0.25, 0.3) is 11.5 Å². The van der Waals surface area contributed by atoms with Crippen LogP contribution in [0, 0.1) is 5.82 Å². The first-order valence-corrected chi connectivity index (χ1v) is 8.66. The van der Waals surface area contributed by atoms with Gasteiger partial charge >= 0.3 is 0 Å². The topological polar surface area (TPSA) is 51.1 Å². The van der Waals surface area contributed by atoms with Gasteiger partial charge in [-0.15, -0.1) is 0 Å². The van der Waals surface area contributed by atoms with Gasteiger partial charge < -0.3 is 9.88 Å². The van der Waals surface area contributed by atoms with Gasteiger partial charge in [0.1, 0.15) is 11.4 Å². The summed E-state index contributed by atoms with van der Waals surface area (Å²) in [6, 6.07) is 7.57. The Balaban J connectivity index is 0.000000705. The Bertz CT molecular complexity index is 734. The molecule has 5 heteroatoms. The van der Waals surface area contributed by atoms with E-state index in [0.717, 1.165) is 11.1 Å². The molecule has 1 N–H and O–H groups in total. The maximum atomic E-state index is 12.9. The van der Waals surface area contributed by atoms with Crippen molar-refractivity contribution in [3.8, 4) is 0 Å². The van der Waals surface area contributed by atoms with Crippen LogP contribution >= 0.6 is 0 Å². The Labute approximate surface area is 148 Å². The number of benzene rings is 1. The van der Waals surface area contributed by atoms with Crippen LogP contribution in [0.2, 0.25) is 0 Å². The van der Waals surface area contributed by atoms with Gasteiger partial charge in [0.05, 0.1) is 6.54 Å². The number of rotatable bonds is 5. The predicted molar refractivity (Wildman–Crippen MR) is 99.6 cm³/mol. The van der Waals surface area contributed by atoms with Crippen LogP contribution in [0.15, 0.2) is 41.3 Å². The fourth-order valence-corrected chi connectivity index (χ4v) is 2.09. The van der Waals surface area contributed by atoms with Crippen molar-refractivity contribution in [3.05, 3.63) is 69.4 Å². The summed E-state index contributed by atoms with van der Waals surface area (Å²) < 4.78 is 14.4. The molecular formula is C20H27FN2O2. The largest absolute Gasteiger partial charge is 0.355 e. The number of halogens is 1. The first kappa shape index (κ1) is 20.6. The number of nitrogens with one attached hydrogen (secondary N) is 1. The summed E-state index contributed by atoms with van der Waals surface area (Å²) in [7, 11) is 1.49. The molecule has 1 aromatic carbocycles. The summed E-state index contributed by atoms with van der Waals surface area (Å²) in [4.78, 5) is 24.1. The van der Waals surface area contributed by atoms with Crippen molar-refractivity contribution in [1.82, 2.24) is 9.88 Å². The molecule has 2 aromatic rings. The lowest BCUT2D eigenvalue weighted by atomic mass is 10.1. The number of carbonyl (C=O) groups is 1. The molecule has 0 atom stereocenters. The van der Waals surface area contributed by atoms with Crippen molar-refractivity contribution in [3.63, 3.8) is 0 Å². The zero-order valence-electron chi connectivity index (χ0n) is 15.4. The van der Waals surface area contributed by atoms with Gasteiger partial charge in [0, 0.05) is 13.2 Å². The molecule has 4 nitrogen and oxygen atoms in total. The van der Waals surface area contributed by atoms with E-state index in [4.69, 9.17) is 0 Å². The van der Waals surface area contributed by atoms with Crippen LogP contribution in [-0.4, -0.2) is 17.5 Å². The molecule has 2 rings (SSSR count). The molecular weight excluding hydrogens is 319 g/mol. The van der Waals surface area contributed by atoms with E-state index in [1.807, 2.05) is 6.92 Å². The van der Waals surface area contributed by atoms with E-state index >= 15 is 0 Å². The number of unbranched alkanes of at least 4 members (excludes halogenated alkanes) is 1. The molecule has 136 valence electrons. The maximum absolute atomic E-state index is 12.9. The number of aryl methyl sites for hydroxylation is 1. The maximum Gasteiger partial charge on any atom is 0.263 e. The minimum atomic E-state index is -0.400. The molecule has 0 bridgehead atoms. The molecule has 0 aliphatic carbocycles. The second kappa shape index (κ2) is 10.4. The van der Waals surface area contributed by atoms with Crippen LogP contribution < -0.4 is 10.9 Å². The van der Waals surface area contributed by atoms with E-state index in [2.05, 4.69) is 19.2 Å². The Morgan fingerprint density at radius 2 is 1.68 bits per heavy atom. The van der Waals surface area contributed by atoms with Gasteiger partial charge in [-0.1, -0.05) is 45.7 Å². The molecule has 0 saturated carbocycles. The second-order valence-electron chi connectivity index (χ2n) is 5.75. The lowest BCUT2D eigenvalue weighted by Gasteiger charge is -2.11. The highest BCUT2D eigenvalue weighted by Gasteiger charge is 2.12. The van der Waals surface area contributed by atoms with Crippen LogP contribution in [0.4, 0.5) is 4.39 Å². The van der Waals surface area contributed by atoms with Crippen LogP contribution in [0.25, 0.3) is 0 Å². The third-order valence-corrected chi connectivity index (χ3v) is 3.79. The number of aromatic nitrogens is 1. The van der Waals surface area contributed by atoms with Crippen LogP contribution in [0.3, 0.4) is 0 Å². The zero-order chi connectivity index (χ0) is 18.8. The van der Waals surface area contributed by atoms with Crippen LogP contribution in [-0.2, 0) is 13.0 Å². The predicted octanol–water partition coefficient (Wildman–Crippen LogP) is 3.76. The summed E-state index contributed by atoms with van der Waals surface area (Å²) in [5, 5.41) is 2.47. The van der Waals surface area contributed by atoms with Crippen molar-refractivity contribution in [2.75, 3.05) is 7.05 Å². The molecule has 0 aliphatic heterocycles. The second-order valence-corrected chi connectivity index (χ2v) is 5.75. The van der Waals surface area contributed by atoms with E-state index in [1.54, 1.807) is 24.4 Å². The number of carbonyl (C=O) groups excluding carboxylic acids is 1. The van der Waals surface area contributed by atoms with Crippen molar-refractivity contribution < 1.29 is 9.18 Å². The van der Waals surface area contributed by atoms with Crippen LogP contribution in [0.5, 0.6) is 0 Å². The molecule has 1 amide bonds. The first-order chi connectivity index (χ1) is 12.0. The van der Waals surface area contributed by atoms with Gasteiger partial charge in [-0.25, -0.2) is 4.39 Å². The molecule has 25 heavy (non-hydrogen) atoms. The third-order valence-electron chi connectivity index (χ3n) is 3.79. The van der Waals surface area contributed by atoms with E-state index < -0.39 is 5.91 Å². The highest BCUT2D eigenvalue weighted by Crippen LogP contribution is 2.07. The highest BCUT2D eigenvalue weighted by molar-refractivity contribution is 5.93. The molecule has 0 spiro atoms. The molecule has 0 aliphatic rings. The summed E-state index contributed by atoms with van der Waals surface area (Å²) in [5.41, 5.74) is 1.47. The fraction of sp³-hybridized carbons (Fsp3) is 0.400. The van der Waals surface area contributed by atoms with Crippen molar-refractivity contribution >= 4 is 5.91 Å². The van der Waals surface area contributed by atoms with E-state index in [1.165, 1.54) is 36.6 Å². The van der Waals surface area contributed by atoms with E-state index in [-0.39, 0.29) is 16.9 Å². The average Bonchev–Trinajstić information content (AvgIpc) is 2.64. The number of amides is 1. The summed E-state index contributed by atoms with van der Waals surface area (Å²) in [6.45, 7) is 6.62. The summed E-state index contributed by atoms with van der Waals surface area (Å²) in [5.74, 6) is -0.720. The smallest absolute Gasteiger partial charge is 0.263 e. The molecule has 1 heterocycles. The first-order valence-electron chi connectivity index (χ1n) is 8.66. The normalized spacial score (nSPS) is 9.96. The Kier molecular flexibility index (Phi) is 8.61. The lowest BCUT2D eigenvalue weighted by Crippen LogP contribution is -2.31. The fourth-order valence-electron chi connectivity index (χ4n) is 2.09. The van der Waals surface area contributed by atoms with Gasteiger partial charge in [0.15, 0.2) is 0 Å². The average molecular weight is 346 g/mol. The number of hydrogen-bond acceptors (Lipinski definition) is 2. The van der Waals surface area contributed by atoms with Gasteiger partial charge in [-0.2, -0.15) is 0 Å². The molecule has 0 unspecified atom stereocenters. The number of pyridine rings is 1. The Morgan fingerprint density at radius 1 is 1.08 bits per heavy atom. The molecule has 0 saturated heterocycles. The van der Waals surface area contributed by atoms with Crippen molar-refractivity contribution in [1.29, 1.82) is 0 Å². The Morgan fingerprint density at radius 3 is 2.16 bits per heavy atom. The summed E-state index contributed by atoms with van der Waals surface area (Å²) >= 11 is 0. The van der Waals surface area contributed by atoms with Gasteiger partial charge in [-0.3, -0.25) is 9.59 Å². The number of nitrogens with zero attached hydrogens (tertiary/aromatic N) is 1. The van der Waals surface area contributed by atoms with E-state index in [9.17, 15) is 14.0 Å². The van der Waals surface area contributed by atoms with Crippen molar-refractivity contribution in [2.45, 2.75) is 46.6 Å². The minimum absolute atomic E-state index is 0.124. The van der Waals surface area contributed by atoms with Crippen molar-refractivity contribution in [2.24, 2.45) is 0 Å². The molecule has 1 aromatic heterocycles. The lowest BCUT2D eigenvalue weighted by molar-refractivity contribution is 0.0961. The molecule has 0 fully saturated rings. The highest BCUT2D eigenvalue weighted by atomic mass is 19.1. The third kappa shape index (κ3) is 6.18. The molecule has 0 radical (unpaired) electrons. The van der Waals surface area contributed by atoms with Gasteiger partial charge in [-0.05, 0) is 35.7 Å². The monoisotopic (exact) mass is 346 g/mol. The van der Waals surface area contributed by atoms with Crippen LogP contribution in [0.1, 0.15) is 55.1 Å². The van der Waals surface area contributed by atoms with E-state index in [0.29, 0.717) is 13.0 Å². The van der Waals surface area contributed by atoms with Gasteiger partial charge in [0.2, 0.25) is 0 Å².